The number of aliphatic hydroxyl groups is 1. The smallest absolute Gasteiger partial charge is 0.257 e. The summed E-state index contributed by atoms with van der Waals surface area (Å²) >= 11 is 12.2. The zero-order valence-electron chi connectivity index (χ0n) is 22.0. The lowest BCUT2D eigenvalue weighted by Gasteiger charge is -2.36. The van der Waals surface area contributed by atoms with Gasteiger partial charge in [-0.05, 0) is 16.7 Å². The van der Waals surface area contributed by atoms with Crippen LogP contribution in [0.4, 0.5) is 22.0 Å². The van der Waals surface area contributed by atoms with Crippen LogP contribution < -0.4 is 5.32 Å². The van der Waals surface area contributed by atoms with Crippen LogP contribution in [0.2, 0.25) is 10.3 Å². The number of nitrogens with one attached hydrogen (secondary N) is 1. The van der Waals surface area contributed by atoms with E-state index >= 15 is 0 Å². The topological polar surface area (TPSA) is 85.6 Å². The number of amides is 1. The second-order valence-corrected chi connectivity index (χ2v) is 10.4. The van der Waals surface area contributed by atoms with Crippen molar-refractivity contribution in [2.45, 2.75) is 44.6 Å². The van der Waals surface area contributed by atoms with E-state index in [1.807, 2.05) is 12.1 Å². The molecular weight excluding hydrogens is 620 g/mol. The highest BCUT2D eigenvalue weighted by atomic mass is 35.5. The highest BCUT2D eigenvalue weighted by molar-refractivity contribution is 6.40. The van der Waals surface area contributed by atoms with Gasteiger partial charge >= 0.3 is 0 Å². The molecule has 5 rings (SSSR count). The van der Waals surface area contributed by atoms with E-state index in [0.717, 1.165) is 11.1 Å². The minimum Gasteiger partial charge on any atom is -0.392 e. The zero-order valence-corrected chi connectivity index (χ0v) is 23.5. The summed E-state index contributed by atoms with van der Waals surface area (Å²) in [4.78, 5) is 16.3. The van der Waals surface area contributed by atoms with Crippen LogP contribution in [0.15, 0.2) is 54.9 Å². The molecule has 1 aliphatic heterocycles. The van der Waals surface area contributed by atoms with Gasteiger partial charge in [-0.2, -0.15) is 0 Å². The largest absolute Gasteiger partial charge is 0.392 e. The number of carbonyl (C=O) groups excluding carboxylic acids is 1. The fraction of sp³-hybridized carbons (Fsp3) is 0.241. The van der Waals surface area contributed by atoms with E-state index in [9.17, 15) is 31.9 Å². The second-order valence-electron chi connectivity index (χ2n) is 9.70. The maximum absolute atomic E-state index is 14.0. The Bertz CT molecular complexity index is 1610. The third-order valence-corrected chi connectivity index (χ3v) is 7.66. The Hall–Kier alpha value is -3.55. The van der Waals surface area contributed by atoms with Crippen LogP contribution >= 0.6 is 23.2 Å². The Morgan fingerprint density at radius 2 is 1.47 bits per heavy atom. The van der Waals surface area contributed by atoms with Crippen molar-refractivity contribution in [3.8, 4) is 0 Å². The summed E-state index contributed by atoms with van der Waals surface area (Å²) in [6.45, 7) is -0.0484. The highest BCUT2D eigenvalue weighted by Gasteiger charge is 2.33. The molecule has 226 valence electrons. The molecule has 1 fully saturated rings. The van der Waals surface area contributed by atoms with Crippen molar-refractivity contribution in [3.63, 3.8) is 0 Å². The lowest BCUT2D eigenvalue weighted by Crippen LogP contribution is -2.32. The zero-order chi connectivity index (χ0) is 30.8. The van der Waals surface area contributed by atoms with Gasteiger partial charge in [-0.1, -0.05) is 71.7 Å². The molecule has 0 bridgehead atoms. The predicted molar refractivity (Wildman–Crippen MR) is 145 cm³/mol. The minimum absolute atomic E-state index is 0.103. The van der Waals surface area contributed by atoms with E-state index in [2.05, 4.69) is 10.3 Å². The number of nitrogens with zero attached hydrogens (tertiary/aromatic N) is 2. The van der Waals surface area contributed by atoms with Gasteiger partial charge in [-0.25, -0.2) is 26.9 Å². The van der Waals surface area contributed by atoms with E-state index in [-0.39, 0.29) is 29.6 Å². The Morgan fingerprint density at radius 3 is 2.05 bits per heavy atom. The first-order valence-electron chi connectivity index (χ1n) is 12.8. The van der Waals surface area contributed by atoms with Crippen LogP contribution in [-0.4, -0.2) is 26.7 Å². The van der Waals surface area contributed by atoms with Crippen molar-refractivity contribution in [3.05, 3.63) is 122 Å². The average molecular weight is 642 g/mol. The number of ether oxygens (including phenoxy) is 2. The Labute approximate surface area is 251 Å². The maximum atomic E-state index is 14.0. The summed E-state index contributed by atoms with van der Waals surface area (Å²) in [6, 6.07) is 13.8. The van der Waals surface area contributed by atoms with E-state index in [0.29, 0.717) is 24.1 Å². The first-order valence-corrected chi connectivity index (χ1v) is 13.6. The molecule has 2 heterocycles. The average Bonchev–Trinajstić information content (AvgIpc) is 3.34. The van der Waals surface area contributed by atoms with Crippen LogP contribution in [0.1, 0.15) is 51.4 Å². The molecule has 0 radical (unpaired) electrons. The summed E-state index contributed by atoms with van der Waals surface area (Å²) in [5, 5.41) is 12.0. The number of imidazole rings is 1. The highest BCUT2D eigenvalue weighted by Crippen LogP contribution is 2.39. The van der Waals surface area contributed by atoms with Gasteiger partial charge in [0.25, 0.3) is 5.91 Å². The van der Waals surface area contributed by atoms with E-state index in [1.165, 1.54) is 6.33 Å². The normalized spacial score (nSPS) is 18.6. The van der Waals surface area contributed by atoms with Crippen LogP contribution in [0.5, 0.6) is 0 Å². The fourth-order valence-electron chi connectivity index (χ4n) is 4.59. The Balaban J connectivity index is 1.31. The summed E-state index contributed by atoms with van der Waals surface area (Å²) < 4.78 is 82.4. The summed E-state index contributed by atoms with van der Waals surface area (Å²) in [6.07, 6.45) is 0.344. The molecule has 1 saturated heterocycles. The quantitative estimate of drug-likeness (QED) is 0.129. The van der Waals surface area contributed by atoms with Gasteiger partial charge in [0.05, 0.1) is 31.7 Å². The van der Waals surface area contributed by atoms with Crippen molar-refractivity contribution in [1.82, 2.24) is 14.9 Å². The molecule has 7 nitrogen and oxygen atoms in total. The maximum Gasteiger partial charge on any atom is 0.257 e. The first-order chi connectivity index (χ1) is 20.6. The van der Waals surface area contributed by atoms with Gasteiger partial charge < -0.3 is 24.5 Å². The second kappa shape index (κ2) is 13.0. The van der Waals surface area contributed by atoms with Crippen LogP contribution in [0.3, 0.4) is 0 Å². The number of benzene rings is 3. The van der Waals surface area contributed by atoms with Gasteiger partial charge in [-0.15, -0.1) is 0 Å². The molecule has 3 aromatic carbocycles. The molecule has 1 aliphatic rings. The lowest BCUT2D eigenvalue weighted by molar-refractivity contribution is -0.252. The van der Waals surface area contributed by atoms with Crippen molar-refractivity contribution >= 4 is 29.1 Å². The molecular formula is C29H22Cl2F5N3O4. The monoisotopic (exact) mass is 641 g/mol. The predicted octanol–water partition coefficient (Wildman–Crippen LogP) is 6.55. The number of aliphatic hydroxyl groups excluding tert-OH is 1. The van der Waals surface area contributed by atoms with Crippen LogP contribution in [0.25, 0.3) is 0 Å². The fourth-order valence-corrected chi connectivity index (χ4v) is 4.90. The minimum atomic E-state index is -2.35. The molecule has 43 heavy (non-hydrogen) atoms. The summed E-state index contributed by atoms with van der Waals surface area (Å²) in [5.41, 5.74) is 1.10. The van der Waals surface area contributed by atoms with Crippen molar-refractivity contribution in [1.29, 1.82) is 0 Å². The van der Waals surface area contributed by atoms with Crippen LogP contribution in [0, 0.1) is 29.1 Å². The van der Waals surface area contributed by atoms with Crippen molar-refractivity contribution in [2.24, 2.45) is 0 Å². The van der Waals surface area contributed by atoms with Gasteiger partial charge in [0, 0.05) is 18.5 Å². The molecule has 0 aliphatic carbocycles. The van der Waals surface area contributed by atoms with Gasteiger partial charge in [0.1, 0.15) is 10.7 Å². The van der Waals surface area contributed by atoms with Gasteiger partial charge in [-0.3, -0.25) is 4.79 Å². The number of aromatic nitrogens is 2. The number of carbonyl (C=O) groups is 1. The summed E-state index contributed by atoms with van der Waals surface area (Å²) in [5.74, 6) is -12.7. The standard InChI is InChI=1S/C29H22Cl2F5N3O4/c30-26-27(31)39(13-38-26)11-18-9-19(16-5-3-15(12-40)4-6-16)43-29(42-18)17-7-1-14(2-8-17)10-37-28(41)20-21(32)23(34)25(36)24(35)22(20)33/h1-8,13,18-19,29,40H,9-12H2,(H,37,41)/t18-,19+,29+/m0/s1. The third-order valence-electron chi connectivity index (χ3n) is 6.89. The molecule has 4 aromatic rings. The van der Waals surface area contributed by atoms with Gasteiger partial charge in [0.2, 0.25) is 5.82 Å². The summed E-state index contributed by atoms with van der Waals surface area (Å²) in [7, 11) is 0. The van der Waals surface area contributed by atoms with Crippen molar-refractivity contribution in [2.75, 3.05) is 0 Å². The first kappa shape index (κ1) is 30.9. The molecule has 14 heteroatoms. The Morgan fingerprint density at radius 1 is 0.884 bits per heavy atom. The SMILES string of the molecule is O=C(NCc1ccc([C@@H]2O[C@H](Cn3cnc(Cl)c3Cl)C[C@H](c3ccc(CO)cc3)O2)cc1)c1c(F)c(F)c(F)c(F)c1F. The molecule has 0 unspecified atom stereocenters. The molecule has 0 spiro atoms. The Kier molecular flexibility index (Phi) is 9.33. The molecule has 0 saturated carbocycles. The number of halogens is 7. The van der Waals surface area contributed by atoms with E-state index in [1.54, 1.807) is 41.0 Å². The van der Waals surface area contributed by atoms with E-state index < -0.39 is 53.0 Å². The third kappa shape index (κ3) is 6.53. The van der Waals surface area contributed by atoms with Crippen LogP contribution in [-0.2, 0) is 29.2 Å². The number of hydrogen-bond acceptors (Lipinski definition) is 5. The van der Waals surface area contributed by atoms with E-state index in [4.69, 9.17) is 32.7 Å². The molecule has 2 N–H and O–H groups in total. The number of rotatable bonds is 8. The molecule has 1 aromatic heterocycles. The molecule has 1 amide bonds. The lowest BCUT2D eigenvalue weighted by atomic mass is 10.00. The number of hydrogen-bond donors (Lipinski definition) is 2. The molecule has 3 atom stereocenters. The van der Waals surface area contributed by atoms with Crippen molar-refractivity contribution < 1.29 is 41.3 Å². The van der Waals surface area contributed by atoms with Gasteiger partial charge in [0.15, 0.2) is 34.7 Å².